The third-order valence-electron chi connectivity index (χ3n) is 4.38. The summed E-state index contributed by atoms with van der Waals surface area (Å²) in [5, 5.41) is 7.28. The van der Waals surface area contributed by atoms with Gasteiger partial charge in [0, 0.05) is 13.7 Å². The SMILES string of the molecule is CCc1c(C(=O)NCc2ccccc2COC)cnn1-c1ccc(F)cc1. The number of ether oxygens (including phenoxy) is 1. The number of nitrogens with zero attached hydrogens (tertiary/aromatic N) is 2. The number of aromatic nitrogens is 2. The molecule has 0 fully saturated rings. The van der Waals surface area contributed by atoms with Crippen LogP contribution in [0.25, 0.3) is 5.69 Å². The van der Waals surface area contributed by atoms with Crippen molar-refractivity contribution in [3.8, 4) is 5.69 Å². The molecule has 1 N–H and O–H groups in total. The number of carbonyl (C=O) groups is 1. The molecular formula is C21H22FN3O2. The van der Waals surface area contributed by atoms with E-state index in [2.05, 4.69) is 10.4 Å². The molecule has 0 aliphatic rings. The van der Waals surface area contributed by atoms with E-state index >= 15 is 0 Å². The van der Waals surface area contributed by atoms with E-state index in [-0.39, 0.29) is 11.7 Å². The van der Waals surface area contributed by atoms with Gasteiger partial charge in [-0.25, -0.2) is 9.07 Å². The van der Waals surface area contributed by atoms with Crippen LogP contribution in [-0.2, 0) is 24.3 Å². The van der Waals surface area contributed by atoms with Crippen molar-refractivity contribution in [1.82, 2.24) is 15.1 Å². The maximum Gasteiger partial charge on any atom is 0.255 e. The zero-order chi connectivity index (χ0) is 19.2. The second-order valence-corrected chi connectivity index (χ2v) is 6.13. The molecule has 1 heterocycles. The van der Waals surface area contributed by atoms with Crippen molar-refractivity contribution in [2.45, 2.75) is 26.5 Å². The average Bonchev–Trinajstić information content (AvgIpc) is 3.12. The number of rotatable bonds is 7. The first-order valence-corrected chi connectivity index (χ1v) is 8.80. The van der Waals surface area contributed by atoms with E-state index in [0.29, 0.717) is 25.1 Å². The van der Waals surface area contributed by atoms with Crippen molar-refractivity contribution >= 4 is 5.91 Å². The molecule has 5 nitrogen and oxygen atoms in total. The van der Waals surface area contributed by atoms with Crippen molar-refractivity contribution < 1.29 is 13.9 Å². The molecule has 0 atom stereocenters. The van der Waals surface area contributed by atoms with Crippen LogP contribution < -0.4 is 5.32 Å². The molecule has 2 aromatic carbocycles. The van der Waals surface area contributed by atoms with Gasteiger partial charge >= 0.3 is 0 Å². The first-order valence-electron chi connectivity index (χ1n) is 8.80. The Balaban J connectivity index is 1.79. The highest BCUT2D eigenvalue weighted by Gasteiger charge is 2.17. The van der Waals surface area contributed by atoms with Crippen LogP contribution in [-0.4, -0.2) is 22.8 Å². The molecule has 0 spiro atoms. The normalized spacial score (nSPS) is 10.8. The van der Waals surface area contributed by atoms with Crippen LogP contribution in [0.1, 0.15) is 34.1 Å². The lowest BCUT2D eigenvalue weighted by Crippen LogP contribution is -2.24. The Bertz CT molecular complexity index is 919. The molecule has 3 rings (SSSR count). The number of methoxy groups -OCH3 is 1. The highest BCUT2D eigenvalue weighted by Crippen LogP contribution is 2.17. The minimum absolute atomic E-state index is 0.188. The van der Waals surface area contributed by atoms with Gasteiger partial charge in [0.2, 0.25) is 0 Å². The van der Waals surface area contributed by atoms with E-state index in [9.17, 15) is 9.18 Å². The van der Waals surface area contributed by atoms with Crippen LogP contribution >= 0.6 is 0 Å². The highest BCUT2D eigenvalue weighted by atomic mass is 19.1. The molecule has 1 amide bonds. The van der Waals surface area contributed by atoms with Crippen molar-refractivity contribution in [2.24, 2.45) is 0 Å². The Kier molecular flexibility index (Phi) is 5.98. The molecule has 140 valence electrons. The smallest absolute Gasteiger partial charge is 0.255 e. The summed E-state index contributed by atoms with van der Waals surface area (Å²) in [4.78, 5) is 12.7. The summed E-state index contributed by atoms with van der Waals surface area (Å²) in [5.41, 5.74) is 4.07. The molecule has 0 aliphatic carbocycles. The molecule has 0 aliphatic heterocycles. The van der Waals surface area contributed by atoms with E-state index in [1.165, 1.54) is 12.1 Å². The molecule has 1 aromatic heterocycles. The van der Waals surface area contributed by atoms with Crippen LogP contribution in [0.2, 0.25) is 0 Å². The van der Waals surface area contributed by atoms with Gasteiger partial charge in [0.05, 0.1) is 29.7 Å². The Hall–Kier alpha value is -2.99. The zero-order valence-electron chi connectivity index (χ0n) is 15.4. The first kappa shape index (κ1) is 18.8. The fourth-order valence-electron chi connectivity index (χ4n) is 3.01. The Morgan fingerprint density at radius 1 is 1.15 bits per heavy atom. The van der Waals surface area contributed by atoms with Gasteiger partial charge in [0.25, 0.3) is 5.91 Å². The van der Waals surface area contributed by atoms with Crippen LogP contribution in [0.15, 0.2) is 54.7 Å². The van der Waals surface area contributed by atoms with Crippen LogP contribution in [0.3, 0.4) is 0 Å². The Morgan fingerprint density at radius 3 is 2.52 bits per heavy atom. The van der Waals surface area contributed by atoms with E-state index in [1.54, 1.807) is 30.1 Å². The van der Waals surface area contributed by atoms with Gasteiger partial charge in [-0.15, -0.1) is 0 Å². The molecule has 0 saturated heterocycles. The maximum atomic E-state index is 13.2. The molecule has 6 heteroatoms. The highest BCUT2D eigenvalue weighted by molar-refractivity contribution is 5.95. The quantitative estimate of drug-likeness (QED) is 0.693. The molecule has 0 bridgehead atoms. The van der Waals surface area contributed by atoms with Gasteiger partial charge in [-0.05, 0) is 41.8 Å². The molecule has 0 radical (unpaired) electrons. The minimum Gasteiger partial charge on any atom is -0.380 e. The minimum atomic E-state index is -0.309. The van der Waals surface area contributed by atoms with Crippen LogP contribution in [0.5, 0.6) is 0 Å². The number of halogens is 1. The van der Waals surface area contributed by atoms with Crippen molar-refractivity contribution in [3.05, 3.63) is 82.9 Å². The predicted octanol–water partition coefficient (Wildman–Crippen LogP) is 3.65. The summed E-state index contributed by atoms with van der Waals surface area (Å²) < 4.78 is 20.0. The number of nitrogens with one attached hydrogen (secondary N) is 1. The Labute approximate surface area is 157 Å². The fourth-order valence-corrected chi connectivity index (χ4v) is 3.01. The van der Waals surface area contributed by atoms with Crippen LogP contribution in [0, 0.1) is 5.82 Å². The monoisotopic (exact) mass is 367 g/mol. The lowest BCUT2D eigenvalue weighted by Gasteiger charge is -2.11. The van der Waals surface area contributed by atoms with E-state index in [1.807, 2.05) is 31.2 Å². The number of amides is 1. The van der Waals surface area contributed by atoms with Crippen molar-refractivity contribution in [2.75, 3.05) is 7.11 Å². The molecule has 3 aromatic rings. The summed E-state index contributed by atoms with van der Waals surface area (Å²) in [6.07, 6.45) is 2.18. The summed E-state index contributed by atoms with van der Waals surface area (Å²) >= 11 is 0. The van der Waals surface area contributed by atoms with Gasteiger partial charge in [0.15, 0.2) is 0 Å². The predicted molar refractivity (Wildman–Crippen MR) is 101 cm³/mol. The number of hydrogen-bond donors (Lipinski definition) is 1. The van der Waals surface area contributed by atoms with E-state index in [0.717, 1.165) is 22.5 Å². The zero-order valence-corrected chi connectivity index (χ0v) is 15.4. The summed E-state index contributed by atoms with van der Waals surface area (Å²) in [7, 11) is 1.65. The number of carbonyl (C=O) groups excluding carboxylic acids is 1. The lowest BCUT2D eigenvalue weighted by atomic mass is 10.1. The average molecular weight is 367 g/mol. The van der Waals surface area contributed by atoms with E-state index in [4.69, 9.17) is 4.74 Å². The number of hydrogen-bond acceptors (Lipinski definition) is 3. The largest absolute Gasteiger partial charge is 0.380 e. The summed E-state index contributed by atoms with van der Waals surface area (Å²) in [6, 6.07) is 13.9. The summed E-state index contributed by atoms with van der Waals surface area (Å²) in [6.45, 7) is 2.86. The van der Waals surface area contributed by atoms with E-state index < -0.39 is 0 Å². The van der Waals surface area contributed by atoms with Gasteiger partial charge in [-0.3, -0.25) is 4.79 Å². The number of benzene rings is 2. The molecule has 27 heavy (non-hydrogen) atoms. The molecule has 0 saturated carbocycles. The first-order chi connectivity index (χ1) is 13.1. The second kappa shape index (κ2) is 8.60. The van der Waals surface area contributed by atoms with Gasteiger partial charge in [0.1, 0.15) is 5.82 Å². The Morgan fingerprint density at radius 2 is 1.85 bits per heavy atom. The maximum absolute atomic E-state index is 13.2. The second-order valence-electron chi connectivity index (χ2n) is 6.13. The van der Waals surface area contributed by atoms with Crippen molar-refractivity contribution in [3.63, 3.8) is 0 Å². The van der Waals surface area contributed by atoms with Crippen molar-refractivity contribution in [1.29, 1.82) is 0 Å². The third-order valence-corrected chi connectivity index (χ3v) is 4.38. The summed E-state index contributed by atoms with van der Waals surface area (Å²) in [5.74, 6) is -0.496. The topological polar surface area (TPSA) is 56.1 Å². The standard InChI is InChI=1S/C21H22FN3O2/c1-3-20-19(13-24-25(20)18-10-8-17(22)9-11-18)21(26)23-12-15-6-4-5-7-16(15)14-27-2/h4-11,13H,3,12,14H2,1-2H3,(H,23,26). The third kappa shape index (κ3) is 4.23. The molecule has 0 unspecified atom stereocenters. The fraction of sp³-hybridized carbons (Fsp3) is 0.238. The molecular weight excluding hydrogens is 345 g/mol. The lowest BCUT2D eigenvalue weighted by molar-refractivity contribution is 0.0949. The van der Waals surface area contributed by atoms with Crippen LogP contribution in [0.4, 0.5) is 4.39 Å². The van der Waals surface area contributed by atoms with Gasteiger partial charge < -0.3 is 10.1 Å². The van der Waals surface area contributed by atoms with Gasteiger partial charge in [-0.2, -0.15) is 5.10 Å². The van der Waals surface area contributed by atoms with Gasteiger partial charge in [-0.1, -0.05) is 31.2 Å².